The van der Waals surface area contributed by atoms with Crippen LogP contribution in [0.15, 0.2) is 66.7 Å². The smallest absolute Gasteiger partial charge is 0.248 e. The molecule has 150 valence electrons. The van der Waals surface area contributed by atoms with Gasteiger partial charge in [-0.1, -0.05) is 59.6 Å². The second kappa shape index (κ2) is 9.45. The third kappa shape index (κ3) is 5.18. The molecule has 3 aromatic rings. The Morgan fingerprint density at radius 2 is 1.69 bits per heavy atom. The Balaban J connectivity index is 1.91. The van der Waals surface area contributed by atoms with E-state index in [1.54, 1.807) is 17.0 Å². The molecule has 5 heteroatoms. The molecule has 0 bridgehead atoms. The number of hydrogen-bond acceptors (Lipinski definition) is 2. The molecule has 29 heavy (non-hydrogen) atoms. The van der Waals surface area contributed by atoms with E-state index < -0.39 is 6.04 Å². The van der Waals surface area contributed by atoms with Crippen molar-refractivity contribution in [1.29, 1.82) is 0 Å². The van der Waals surface area contributed by atoms with Crippen LogP contribution < -0.4 is 10.6 Å². The lowest BCUT2D eigenvalue weighted by atomic mass is 10.0. The molecule has 0 saturated heterocycles. The monoisotopic (exact) mass is 426 g/mol. The normalized spacial score (nSPS) is 11.9. The molecule has 0 radical (unpaired) electrons. The number of carbonyl (C=O) groups is 1. The van der Waals surface area contributed by atoms with E-state index in [4.69, 9.17) is 28.9 Å². The molecule has 2 N–H and O–H groups in total. The van der Waals surface area contributed by atoms with Crippen LogP contribution >= 0.6 is 23.2 Å². The maximum atomic E-state index is 13.4. The average molecular weight is 427 g/mol. The number of anilines is 1. The van der Waals surface area contributed by atoms with E-state index in [1.165, 1.54) is 5.56 Å². The molecule has 0 spiro atoms. The van der Waals surface area contributed by atoms with Crippen molar-refractivity contribution < 1.29 is 4.79 Å². The van der Waals surface area contributed by atoms with Crippen LogP contribution in [0.4, 0.5) is 5.69 Å². The fraction of sp³-hybridized carbons (Fsp3) is 0.208. The highest BCUT2D eigenvalue weighted by molar-refractivity contribution is 6.33. The molecule has 0 aliphatic carbocycles. The lowest BCUT2D eigenvalue weighted by Gasteiger charge is -2.27. The van der Waals surface area contributed by atoms with Gasteiger partial charge in [0.1, 0.15) is 6.04 Å². The first-order chi connectivity index (χ1) is 13.9. The van der Waals surface area contributed by atoms with Gasteiger partial charge in [-0.15, -0.1) is 0 Å². The van der Waals surface area contributed by atoms with Gasteiger partial charge in [0, 0.05) is 22.3 Å². The van der Waals surface area contributed by atoms with Crippen LogP contribution in [-0.4, -0.2) is 12.5 Å². The lowest BCUT2D eigenvalue weighted by molar-refractivity contribution is -0.120. The standard InChI is InChI=1S/C24H24Cl2N2O/c1-16-8-10-21(14-17(16)2)28(13-12-19-15-20(25)9-11-22(19)26)24(29)23(27)18-6-4-3-5-7-18/h3-11,14-15,23H,12-13,27H2,1-2H3/t23-/m0/s1. The topological polar surface area (TPSA) is 46.3 Å². The number of nitrogens with zero attached hydrogens (tertiary/aromatic N) is 1. The Labute approximate surface area is 182 Å². The van der Waals surface area contributed by atoms with Gasteiger partial charge in [-0.3, -0.25) is 4.79 Å². The first-order valence-corrected chi connectivity index (χ1v) is 10.3. The zero-order valence-corrected chi connectivity index (χ0v) is 18.0. The van der Waals surface area contributed by atoms with E-state index in [1.807, 2.05) is 68.4 Å². The summed E-state index contributed by atoms with van der Waals surface area (Å²) in [6, 6.07) is 20.0. The molecule has 3 aromatic carbocycles. The quantitative estimate of drug-likeness (QED) is 0.534. The van der Waals surface area contributed by atoms with Crippen LogP contribution in [0.5, 0.6) is 0 Å². The lowest BCUT2D eigenvalue weighted by Crippen LogP contribution is -2.40. The van der Waals surface area contributed by atoms with Gasteiger partial charge in [0.25, 0.3) is 0 Å². The van der Waals surface area contributed by atoms with Crippen LogP contribution in [-0.2, 0) is 11.2 Å². The molecule has 1 amide bonds. The van der Waals surface area contributed by atoms with Crippen molar-refractivity contribution in [3.63, 3.8) is 0 Å². The minimum Gasteiger partial charge on any atom is -0.316 e. The fourth-order valence-electron chi connectivity index (χ4n) is 3.20. The van der Waals surface area contributed by atoms with Crippen molar-refractivity contribution in [3.8, 4) is 0 Å². The number of benzene rings is 3. The molecule has 3 rings (SSSR count). The number of carbonyl (C=O) groups excluding carboxylic acids is 1. The van der Waals surface area contributed by atoms with Gasteiger partial charge in [-0.25, -0.2) is 0 Å². The highest BCUT2D eigenvalue weighted by atomic mass is 35.5. The van der Waals surface area contributed by atoms with Crippen molar-refractivity contribution >= 4 is 34.8 Å². The molecule has 0 heterocycles. The fourth-order valence-corrected chi connectivity index (χ4v) is 3.60. The van der Waals surface area contributed by atoms with Gasteiger partial charge in [-0.05, 0) is 72.9 Å². The second-order valence-corrected chi connectivity index (χ2v) is 7.98. The van der Waals surface area contributed by atoms with Crippen molar-refractivity contribution in [2.45, 2.75) is 26.3 Å². The molecular formula is C24H24Cl2N2O. The summed E-state index contributed by atoms with van der Waals surface area (Å²) in [7, 11) is 0. The number of halogens is 2. The SMILES string of the molecule is Cc1ccc(N(CCc2cc(Cl)ccc2Cl)C(=O)[C@@H](N)c2ccccc2)cc1C. The van der Waals surface area contributed by atoms with Gasteiger partial charge in [0.15, 0.2) is 0 Å². The maximum Gasteiger partial charge on any atom is 0.248 e. The van der Waals surface area contributed by atoms with Gasteiger partial charge in [0.2, 0.25) is 5.91 Å². The Morgan fingerprint density at radius 1 is 0.966 bits per heavy atom. The number of aryl methyl sites for hydroxylation is 2. The predicted octanol–water partition coefficient (Wildman–Crippen LogP) is 5.89. The summed E-state index contributed by atoms with van der Waals surface area (Å²) in [5.41, 5.74) is 11.1. The van der Waals surface area contributed by atoms with Crippen LogP contribution in [0.1, 0.15) is 28.3 Å². The summed E-state index contributed by atoms with van der Waals surface area (Å²) in [6.07, 6.45) is 0.569. The Morgan fingerprint density at radius 3 is 2.38 bits per heavy atom. The molecule has 3 nitrogen and oxygen atoms in total. The summed E-state index contributed by atoms with van der Waals surface area (Å²) in [6.45, 7) is 4.53. The van der Waals surface area contributed by atoms with Crippen LogP contribution in [0, 0.1) is 13.8 Å². The summed E-state index contributed by atoms with van der Waals surface area (Å²) in [4.78, 5) is 15.1. The number of nitrogens with two attached hydrogens (primary N) is 1. The first kappa shape index (κ1) is 21.4. The highest BCUT2D eigenvalue weighted by Crippen LogP contribution is 2.25. The molecule has 0 unspecified atom stereocenters. The minimum atomic E-state index is -0.743. The third-order valence-electron chi connectivity index (χ3n) is 5.11. The molecular weight excluding hydrogens is 403 g/mol. The number of hydrogen-bond donors (Lipinski definition) is 1. The summed E-state index contributed by atoms with van der Waals surface area (Å²) < 4.78 is 0. The summed E-state index contributed by atoms with van der Waals surface area (Å²) in [5, 5.41) is 1.25. The van der Waals surface area contributed by atoms with E-state index in [0.29, 0.717) is 23.0 Å². The predicted molar refractivity (Wildman–Crippen MR) is 122 cm³/mol. The molecule has 0 fully saturated rings. The Kier molecular flexibility index (Phi) is 6.96. The number of amides is 1. The highest BCUT2D eigenvalue weighted by Gasteiger charge is 2.24. The maximum absolute atomic E-state index is 13.4. The van der Waals surface area contributed by atoms with E-state index in [0.717, 1.165) is 22.4 Å². The summed E-state index contributed by atoms with van der Waals surface area (Å²) in [5.74, 6) is -0.155. The Bertz CT molecular complexity index is 1010. The Hall–Kier alpha value is -2.33. The first-order valence-electron chi connectivity index (χ1n) is 9.50. The van der Waals surface area contributed by atoms with Crippen molar-refractivity contribution in [3.05, 3.63) is 99.0 Å². The van der Waals surface area contributed by atoms with Gasteiger partial charge < -0.3 is 10.6 Å². The van der Waals surface area contributed by atoms with Gasteiger partial charge in [-0.2, -0.15) is 0 Å². The molecule has 0 aliphatic rings. The molecule has 1 atom stereocenters. The third-order valence-corrected chi connectivity index (χ3v) is 5.71. The zero-order chi connectivity index (χ0) is 21.0. The zero-order valence-electron chi connectivity index (χ0n) is 16.5. The van der Waals surface area contributed by atoms with Crippen LogP contribution in [0.25, 0.3) is 0 Å². The van der Waals surface area contributed by atoms with Crippen molar-refractivity contribution in [2.24, 2.45) is 5.73 Å². The van der Waals surface area contributed by atoms with E-state index in [-0.39, 0.29) is 5.91 Å². The minimum absolute atomic E-state index is 0.155. The molecule has 0 aliphatic heterocycles. The van der Waals surface area contributed by atoms with Crippen molar-refractivity contribution in [1.82, 2.24) is 0 Å². The summed E-state index contributed by atoms with van der Waals surface area (Å²) >= 11 is 12.4. The second-order valence-electron chi connectivity index (χ2n) is 7.13. The van der Waals surface area contributed by atoms with Crippen LogP contribution in [0.3, 0.4) is 0 Å². The largest absolute Gasteiger partial charge is 0.316 e. The molecule has 0 saturated carbocycles. The van der Waals surface area contributed by atoms with Gasteiger partial charge in [0.05, 0.1) is 0 Å². The number of rotatable bonds is 6. The molecule has 0 aromatic heterocycles. The van der Waals surface area contributed by atoms with E-state index >= 15 is 0 Å². The average Bonchev–Trinajstić information content (AvgIpc) is 2.73. The van der Waals surface area contributed by atoms with Gasteiger partial charge >= 0.3 is 0 Å². The van der Waals surface area contributed by atoms with Crippen LogP contribution in [0.2, 0.25) is 10.0 Å². The van der Waals surface area contributed by atoms with E-state index in [9.17, 15) is 4.79 Å². The van der Waals surface area contributed by atoms with Crippen molar-refractivity contribution in [2.75, 3.05) is 11.4 Å². The van der Waals surface area contributed by atoms with E-state index in [2.05, 4.69) is 0 Å².